The second-order valence-corrected chi connectivity index (χ2v) is 4.28. The topological polar surface area (TPSA) is 87.5 Å². The van der Waals surface area contributed by atoms with Crippen molar-refractivity contribution in [3.63, 3.8) is 0 Å². The summed E-state index contributed by atoms with van der Waals surface area (Å²) in [5, 5.41) is 18.7. The molecule has 0 aliphatic rings. The van der Waals surface area contributed by atoms with Crippen LogP contribution < -0.4 is 0 Å². The maximum absolute atomic E-state index is 13.6. The van der Waals surface area contributed by atoms with Crippen LogP contribution in [0.1, 0.15) is 26.3 Å². The van der Waals surface area contributed by atoms with Crippen molar-refractivity contribution in [3.05, 3.63) is 58.1 Å². The number of carboxylic acids is 1. The number of carbonyl (C=O) groups excluding carboxylic acids is 1. The Hall–Kier alpha value is -2.47. The van der Waals surface area contributed by atoms with Gasteiger partial charge in [0.05, 0.1) is 22.9 Å². The minimum Gasteiger partial charge on any atom is -0.506 e. The molecule has 5 nitrogen and oxygen atoms in total. The van der Waals surface area contributed by atoms with E-state index in [0.29, 0.717) is 0 Å². The summed E-state index contributed by atoms with van der Waals surface area (Å²) in [5.41, 5.74) is -1.48. The summed E-state index contributed by atoms with van der Waals surface area (Å²) in [6, 6.07) is 3.29. The van der Waals surface area contributed by atoms with Crippen LogP contribution in [0.15, 0.2) is 30.6 Å². The molecule has 102 valence electrons. The molecule has 0 radical (unpaired) electrons. The van der Waals surface area contributed by atoms with E-state index >= 15 is 0 Å². The third-order valence-corrected chi connectivity index (χ3v) is 2.79. The number of carboxylic acid groups (broad SMARTS) is 1. The molecular formula is C13H7ClFNO4. The second-order valence-electron chi connectivity index (χ2n) is 3.84. The zero-order chi connectivity index (χ0) is 14.9. The molecule has 0 saturated carbocycles. The SMILES string of the molecule is O=C(O)c1cncc(O)c1C(=O)c1cc(Cl)ccc1F. The molecule has 0 aliphatic carbocycles. The van der Waals surface area contributed by atoms with Crippen LogP contribution in [0.2, 0.25) is 5.02 Å². The van der Waals surface area contributed by atoms with Crippen molar-refractivity contribution in [2.24, 2.45) is 0 Å². The van der Waals surface area contributed by atoms with E-state index in [2.05, 4.69) is 4.98 Å². The lowest BCUT2D eigenvalue weighted by Crippen LogP contribution is -2.12. The zero-order valence-electron chi connectivity index (χ0n) is 9.80. The first kappa shape index (κ1) is 14.0. The third kappa shape index (κ3) is 2.46. The van der Waals surface area contributed by atoms with E-state index in [1.165, 1.54) is 6.07 Å². The van der Waals surface area contributed by atoms with Crippen molar-refractivity contribution in [2.75, 3.05) is 0 Å². The first-order valence-electron chi connectivity index (χ1n) is 5.32. The van der Waals surface area contributed by atoms with Gasteiger partial charge in [-0.15, -0.1) is 0 Å². The molecule has 0 atom stereocenters. The molecule has 2 rings (SSSR count). The number of nitrogens with zero attached hydrogens (tertiary/aromatic N) is 1. The van der Waals surface area contributed by atoms with Crippen molar-refractivity contribution in [3.8, 4) is 5.75 Å². The summed E-state index contributed by atoms with van der Waals surface area (Å²) >= 11 is 5.68. The van der Waals surface area contributed by atoms with Gasteiger partial charge in [0.25, 0.3) is 0 Å². The molecule has 0 bridgehead atoms. The van der Waals surface area contributed by atoms with Crippen molar-refractivity contribution in [2.45, 2.75) is 0 Å². The highest BCUT2D eigenvalue weighted by atomic mass is 35.5. The van der Waals surface area contributed by atoms with Gasteiger partial charge in [0.1, 0.15) is 11.6 Å². The number of aromatic nitrogens is 1. The Bertz CT molecular complexity index is 718. The van der Waals surface area contributed by atoms with Gasteiger partial charge in [-0.1, -0.05) is 11.6 Å². The highest BCUT2D eigenvalue weighted by Gasteiger charge is 2.24. The molecule has 1 aromatic heterocycles. The molecule has 0 aliphatic heterocycles. The van der Waals surface area contributed by atoms with Crippen molar-refractivity contribution < 1.29 is 24.2 Å². The van der Waals surface area contributed by atoms with Gasteiger partial charge >= 0.3 is 5.97 Å². The maximum Gasteiger partial charge on any atom is 0.338 e. The molecule has 1 aromatic carbocycles. The second kappa shape index (κ2) is 5.26. The molecule has 0 spiro atoms. The van der Waals surface area contributed by atoms with Crippen LogP contribution in [-0.2, 0) is 0 Å². The number of carbonyl (C=O) groups is 2. The summed E-state index contributed by atoms with van der Waals surface area (Å²) in [6.45, 7) is 0. The highest BCUT2D eigenvalue weighted by molar-refractivity contribution is 6.31. The van der Waals surface area contributed by atoms with Crippen LogP contribution in [0.3, 0.4) is 0 Å². The highest BCUT2D eigenvalue weighted by Crippen LogP contribution is 2.25. The molecule has 2 aromatic rings. The number of aromatic carboxylic acids is 1. The van der Waals surface area contributed by atoms with Crippen LogP contribution in [0.5, 0.6) is 5.75 Å². The first-order valence-corrected chi connectivity index (χ1v) is 5.69. The Morgan fingerprint density at radius 1 is 1.20 bits per heavy atom. The van der Waals surface area contributed by atoms with Crippen molar-refractivity contribution >= 4 is 23.4 Å². The molecule has 0 fully saturated rings. The fourth-order valence-electron chi connectivity index (χ4n) is 1.66. The predicted molar refractivity (Wildman–Crippen MR) is 67.7 cm³/mol. The molecule has 0 amide bonds. The van der Waals surface area contributed by atoms with Crippen LogP contribution in [0.25, 0.3) is 0 Å². The molecular weight excluding hydrogens is 289 g/mol. The molecule has 2 N–H and O–H groups in total. The summed E-state index contributed by atoms with van der Waals surface area (Å²) in [4.78, 5) is 26.7. The normalized spacial score (nSPS) is 10.3. The molecule has 1 heterocycles. The quantitative estimate of drug-likeness (QED) is 0.850. The van der Waals surface area contributed by atoms with Gasteiger partial charge in [0.2, 0.25) is 5.78 Å². The Labute approximate surface area is 117 Å². The Morgan fingerprint density at radius 2 is 1.90 bits per heavy atom. The van der Waals surface area contributed by atoms with Gasteiger partial charge < -0.3 is 10.2 Å². The van der Waals surface area contributed by atoms with E-state index in [9.17, 15) is 19.1 Å². The molecule has 20 heavy (non-hydrogen) atoms. The van der Waals surface area contributed by atoms with E-state index in [-0.39, 0.29) is 5.02 Å². The lowest BCUT2D eigenvalue weighted by molar-refractivity contribution is 0.0691. The zero-order valence-corrected chi connectivity index (χ0v) is 10.6. The van der Waals surface area contributed by atoms with E-state index in [1.54, 1.807) is 0 Å². The van der Waals surface area contributed by atoms with E-state index in [0.717, 1.165) is 24.5 Å². The average molecular weight is 296 g/mol. The minimum absolute atomic E-state index is 0.111. The van der Waals surface area contributed by atoms with E-state index < -0.39 is 40.0 Å². The number of benzene rings is 1. The minimum atomic E-state index is -1.46. The maximum atomic E-state index is 13.6. The number of aromatic hydroxyl groups is 1. The number of rotatable bonds is 3. The Morgan fingerprint density at radius 3 is 2.55 bits per heavy atom. The van der Waals surface area contributed by atoms with Crippen LogP contribution in [0.4, 0.5) is 4.39 Å². The number of ketones is 1. The van der Waals surface area contributed by atoms with Crippen molar-refractivity contribution in [1.82, 2.24) is 4.98 Å². The molecule has 7 heteroatoms. The van der Waals surface area contributed by atoms with Crippen LogP contribution >= 0.6 is 11.6 Å². The van der Waals surface area contributed by atoms with Gasteiger partial charge in [-0.2, -0.15) is 0 Å². The Balaban J connectivity index is 2.65. The summed E-state index contributed by atoms with van der Waals surface area (Å²) in [7, 11) is 0. The van der Waals surface area contributed by atoms with E-state index in [4.69, 9.17) is 16.7 Å². The fourth-order valence-corrected chi connectivity index (χ4v) is 1.83. The third-order valence-electron chi connectivity index (χ3n) is 2.56. The standard InChI is InChI=1S/C13H7ClFNO4/c14-6-1-2-9(15)7(3-6)12(18)11-8(13(19)20)4-16-5-10(11)17/h1-5,17H,(H,19,20). The summed E-state index contributed by atoms with van der Waals surface area (Å²) in [5.74, 6) is -3.96. The number of halogens is 2. The lowest BCUT2D eigenvalue weighted by Gasteiger charge is -2.08. The lowest BCUT2D eigenvalue weighted by atomic mass is 9.99. The summed E-state index contributed by atoms with van der Waals surface area (Å²) in [6.07, 6.45) is 1.81. The summed E-state index contributed by atoms with van der Waals surface area (Å²) < 4.78 is 13.6. The van der Waals surface area contributed by atoms with E-state index in [1.807, 2.05) is 0 Å². The monoisotopic (exact) mass is 295 g/mol. The fraction of sp³-hybridized carbons (Fsp3) is 0. The van der Waals surface area contributed by atoms with Gasteiger partial charge in [0, 0.05) is 11.2 Å². The van der Waals surface area contributed by atoms with Gasteiger partial charge in [0.15, 0.2) is 0 Å². The largest absolute Gasteiger partial charge is 0.506 e. The molecule has 0 saturated heterocycles. The number of pyridine rings is 1. The number of hydrogen-bond acceptors (Lipinski definition) is 4. The van der Waals surface area contributed by atoms with Crippen LogP contribution in [-0.4, -0.2) is 26.9 Å². The van der Waals surface area contributed by atoms with Gasteiger partial charge in [-0.25, -0.2) is 9.18 Å². The first-order chi connectivity index (χ1) is 9.41. The molecule has 0 unspecified atom stereocenters. The average Bonchev–Trinajstić information content (AvgIpc) is 2.40. The smallest absolute Gasteiger partial charge is 0.338 e. The van der Waals surface area contributed by atoms with Crippen LogP contribution in [0, 0.1) is 5.82 Å². The predicted octanol–water partition coefficient (Wildman–Crippen LogP) is 2.51. The van der Waals surface area contributed by atoms with Gasteiger partial charge in [-0.3, -0.25) is 9.78 Å². The van der Waals surface area contributed by atoms with Crippen molar-refractivity contribution in [1.29, 1.82) is 0 Å². The van der Waals surface area contributed by atoms with Gasteiger partial charge in [-0.05, 0) is 18.2 Å². The Kier molecular flexibility index (Phi) is 3.67. The number of hydrogen-bond donors (Lipinski definition) is 2.